The minimum Gasteiger partial charge on any atom is -0.497 e. The van der Waals surface area contributed by atoms with Crippen LogP contribution in [0.3, 0.4) is 0 Å². The lowest BCUT2D eigenvalue weighted by atomic mass is 10.1. The van der Waals surface area contributed by atoms with E-state index in [4.69, 9.17) is 18.9 Å². The molecule has 1 aliphatic heterocycles. The summed E-state index contributed by atoms with van der Waals surface area (Å²) < 4.78 is 48.7. The van der Waals surface area contributed by atoms with Gasteiger partial charge in [-0.25, -0.2) is 13.4 Å². The highest BCUT2D eigenvalue weighted by atomic mass is 32.2. The fraction of sp³-hybridized carbons (Fsp3) is 0.304. The number of nitrogens with one attached hydrogen (secondary N) is 1. The number of hydrogen-bond donors (Lipinski definition) is 1. The molecule has 0 aliphatic carbocycles. The van der Waals surface area contributed by atoms with Crippen molar-refractivity contribution in [3.63, 3.8) is 0 Å². The number of carbonyl (C=O) groups is 1. The lowest BCUT2D eigenvalue weighted by molar-refractivity contribution is 0.0730. The molecule has 1 aromatic heterocycles. The molecule has 0 spiro atoms. The van der Waals surface area contributed by atoms with Crippen molar-refractivity contribution in [3.05, 3.63) is 47.3 Å². The van der Waals surface area contributed by atoms with Crippen LogP contribution in [0.1, 0.15) is 10.4 Å². The summed E-state index contributed by atoms with van der Waals surface area (Å²) in [5.41, 5.74) is 1.38. The summed E-state index contributed by atoms with van der Waals surface area (Å²) in [6.45, 7) is 1.16. The minimum absolute atomic E-state index is 0.00583. The maximum Gasteiger partial charge on any atom is 0.261 e. The second kappa shape index (κ2) is 10.6. The maximum atomic E-state index is 13.1. The molecule has 0 atom stereocenters. The second-order valence-electron chi connectivity index (χ2n) is 7.44. The highest BCUT2D eigenvalue weighted by molar-refractivity contribution is 7.89. The van der Waals surface area contributed by atoms with E-state index in [1.807, 2.05) is 0 Å². The molecule has 0 saturated carbocycles. The third-order valence-corrected chi connectivity index (χ3v) is 8.08. The van der Waals surface area contributed by atoms with Crippen LogP contribution in [0.25, 0.3) is 11.3 Å². The number of aromatic nitrogens is 1. The van der Waals surface area contributed by atoms with E-state index in [1.165, 1.54) is 41.0 Å². The molecule has 186 valence electrons. The smallest absolute Gasteiger partial charge is 0.261 e. The molecule has 1 saturated heterocycles. The Morgan fingerprint density at radius 3 is 2.43 bits per heavy atom. The van der Waals surface area contributed by atoms with Crippen LogP contribution in [0.2, 0.25) is 0 Å². The number of carbonyl (C=O) groups excluding carboxylic acids is 1. The van der Waals surface area contributed by atoms with Gasteiger partial charge in [-0.1, -0.05) is 0 Å². The quantitative estimate of drug-likeness (QED) is 0.483. The Balaban J connectivity index is 1.60. The van der Waals surface area contributed by atoms with Crippen LogP contribution in [-0.4, -0.2) is 71.2 Å². The molecular weight excluding hydrogens is 494 g/mol. The average Bonchev–Trinajstić information content (AvgIpc) is 3.36. The van der Waals surface area contributed by atoms with Gasteiger partial charge in [-0.15, -0.1) is 11.3 Å². The molecule has 1 fully saturated rings. The van der Waals surface area contributed by atoms with Crippen molar-refractivity contribution >= 4 is 32.4 Å². The number of hydrogen-bond acceptors (Lipinski definition) is 9. The van der Waals surface area contributed by atoms with Gasteiger partial charge in [0, 0.05) is 24.0 Å². The number of ether oxygens (including phenoxy) is 4. The van der Waals surface area contributed by atoms with Crippen molar-refractivity contribution in [2.45, 2.75) is 4.90 Å². The first-order chi connectivity index (χ1) is 16.9. The van der Waals surface area contributed by atoms with E-state index in [0.29, 0.717) is 41.1 Å². The fourth-order valence-corrected chi connectivity index (χ4v) is 5.73. The third-order valence-electron chi connectivity index (χ3n) is 5.43. The summed E-state index contributed by atoms with van der Waals surface area (Å²) in [6, 6.07) is 9.56. The van der Waals surface area contributed by atoms with Crippen molar-refractivity contribution in [2.75, 3.05) is 52.9 Å². The van der Waals surface area contributed by atoms with Crippen molar-refractivity contribution in [3.8, 4) is 28.5 Å². The van der Waals surface area contributed by atoms with Gasteiger partial charge < -0.3 is 18.9 Å². The highest BCUT2D eigenvalue weighted by Crippen LogP contribution is 2.35. The van der Waals surface area contributed by atoms with E-state index in [-0.39, 0.29) is 29.3 Å². The molecule has 2 aromatic carbocycles. The predicted molar refractivity (Wildman–Crippen MR) is 131 cm³/mol. The number of rotatable bonds is 8. The molecule has 10 nitrogen and oxygen atoms in total. The topological polar surface area (TPSA) is 116 Å². The van der Waals surface area contributed by atoms with E-state index >= 15 is 0 Å². The van der Waals surface area contributed by atoms with Gasteiger partial charge in [0.1, 0.15) is 17.2 Å². The Hall–Kier alpha value is -3.19. The van der Waals surface area contributed by atoms with Crippen molar-refractivity contribution in [1.82, 2.24) is 9.29 Å². The molecular formula is C23H25N3O7S2. The Kier molecular flexibility index (Phi) is 7.55. The number of sulfonamides is 1. The van der Waals surface area contributed by atoms with Crippen molar-refractivity contribution in [1.29, 1.82) is 0 Å². The Morgan fingerprint density at radius 2 is 1.74 bits per heavy atom. The number of thiazole rings is 1. The molecule has 1 aliphatic rings. The molecule has 1 amide bonds. The Bertz CT molecular complexity index is 1320. The number of anilines is 1. The van der Waals surface area contributed by atoms with Crippen LogP contribution in [-0.2, 0) is 14.8 Å². The van der Waals surface area contributed by atoms with Gasteiger partial charge in [0.05, 0.1) is 50.7 Å². The monoisotopic (exact) mass is 519 g/mol. The molecule has 0 radical (unpaired) electrons. The SMILES string of the molecule is COc1ccc(OC)c(-c2csc(NC(=O)c3cc(S(=O)(=O)N4CCOCC4)ccc3OC)n2)c1. The fourth-order valence-electron chi connectivity index (χ4n) is 3.59. The van der Waals surface area contributed by atoms with Crippen molar-refractivity contribution in [2.24, 2.45) is 0 Å². The first-order valence-corrected chi connectivity index (χ1v) is 12.9. The largest absolute Gasteiger partial charge is 0.497 e. The molecule has 4 rings (SSSR count). The predicted octanol–water partition coefficient (Wildman–Crippen LogP) is 3.11. The van der Waals surface area contributed by atoms with Crippen LogP contribution >= 0.6 is 11.3 Å². The van der Waals surface area contributed by atoms with E-state index in [1.54, 1.807) is 37.8 Å². The third kappa shape index (κ3) is 5.25. The van der Waals surface area contributed by atoms with Gasteiger partial charge in [0.2, 0.25) is 10.0 Å². The number of amides is 1. The van der Waals surface area contributed by atoms with Crippen LogP contribution in [0.4, 0.5) is 5.13 Å². The van der Waals surface area contributed by atoms with Gasteiger partial charge in [-0.2, -0.15) is 4.31 Å². The van der Waals surface area contributed by atoms with Gasteiger partial charge in [0.15, 0.2) is 5.13 Å². The molecule has 1 N–H and O–H groups in total. The van der Waals surface area contributed by atoms with Gasteiger partial charge >= 0.3 is 0 Å². The van der Waals surface area contributed by atoms with Gasteiger partial charge in [-0.3, -0.25) is 10.1 Å². The van der Waals surface area contributed by atoms with E-state index < -0.39 is 15.9 Å². The summed E-state index contributed by atoms with van der Waals surface area (Å²) >= 11 is 1.23. The van der Waals surface area contributed by atoms with Gasteiger partial charge in [0.25, 0.3) is 5.91 Å². The second-order valence-corrected chi connectivity index (χ2v) is 10.2. The number of nitrogens with zero attached hydrogens (tertiary/aromatic N) is 2. The summed E-state index contributed by atoms with van der Waals surface area (Å²) in [6.07, 6.45) is 0. The van der Waals surface area contributed by atoms with Crippen molar-refractivity contribution < 1.29 is 32.2 Å². The first-order valence-electron chi connectivity index (χ1n) is 10.6. The van der Waals surface area contributed by atoms with E-state index in [2.05, 4.69) is 10.3 Å². The lowest BCUT2D eigenvalue weighted by Gasteiger charge is -2.26. The van der Waals surface area contributed by atoms with E-state index in [9.17, 15) is 13.2 Å². The molecule has 0 unspecified atom stereocenters. The normalized spacial score (nSPS) is 14.4. The van der Waals surface area contributed by atoms with Crippen LogP contribution in [0.15, 0.2) is 46.7 Å². The summed E-state index contributed by atoms with van der Waals surface area (Å²) in [7, 11) is 0.761. The summed E-state index contributed by atoms with van der Waals surface area (Å²) in [5, 5.41) is 4.85. The number of benzene rings is 2. The van der Waals surface area contributed by atoms with Crippen LogP contribution in [0, 0.1) is 0 Å². The van der Waals surface area contributed by atoms with E-state index in [0.717, 1.165) is 0 Å². The minimum atomic E-state index is -3.78. The van der Waals surface area contributed by atoms with Gasteiger partial charge in [-0.05, 0) is 36.4 Å². The Labute approximate surface area is 207 Å². The number of methoxy groups -OCH3 is 3. The molecule has 12 heteroatoms. The maximum absolute atomic E-state index is 13.1. The molecule has 35 heavy (non-hydrogen) atoms. The number of morpholine rings is 1. The lowest BCUT2D eigenvalue weighted by Crippen LogP contribution is -2.40. The summed E-state index contributed by atoms with van der Waals surface area (Å²) in [4.78, 5) is 17.6. The zero-order valence-corrected chi connectivity index (χ0v) is 21.1. The average molecular weight is 520 g/mol. The standard InChI is InChI=1S/C23H25N3O7S2/c1-30-15-4-6-20(31-2)17(12-15)19-14-34-23(24-19)25-22(27)18-13-16(5-7-21(18)32-3)35(28,29)26-8-10-33-11-9-26/h4-7,12-14H,8-11H2,1-3H3,(H,24,25,27). The Morgan fingerprint density at radius 1 is 1.03 bits per heavy atom. The molecule has 0 bridgehead atoms. The van der Waals surface area contributed by atoms with Crippen LogP contribution in [0.5, 0.6) is 17.2 Å². The zero-order valence-electron chi connectivity index (χ0n) is 19.4. The molecule has 2 heterocycles. The zero-order chi connectivity index (χ0) is 25.0. The summed E-state index contributed by atoms with van der Waals surface area (Å²) in [5.74, 6) is 0.952. The first kappa shape index (κ1) is 24.9. The highest BCUT2D eigenvalue weighted by Gasteiger charge is 2.28. The van der Waals surface area contributed by atoms with Crippen LogP contribution < -0.4 is 19.5 Å². The molecule has 3 aromatic rings.